The van der Waals surface area contributed by atoms with Crippen LogP contribution in [0.25, 0.3) is 0 Å². The van der Waals surface area contributed by atoms with Gasteiger partial charge < -0.3 is 5.32 Å². The molecule has 0 spiro atoms. The van der Waals surface area contributed by atoms with E-state index in [1.807, 2.05) is 0 Å². The lowest BCUT2D eigenvalue weighted by Gasteiger charge is -2.34. The van der Waals surface area contributed by atoms with Gasteiger partial charge in [0.1, 0.15) is 0 Å². The highest BCUT2D eigenvalue weighted by atomic mass is 31.2. The van der Waals surface area contributed by atoms with Crippen LogP contribution in [0.4, 0.5) is 5.69 Å². The van der Waals surface area contributed by atoms with E-state index in [-0.39, 0.29) is 22.1 Å². The Labute approximate surface area is 231 Å². The van der Waals surface area contributed by atoms with Crippen LogP contribution < -0.4 is 21.2 Å². The minimum atomic E-state index is -2.31. The van der Waals surface area contributed by atoms with Crippen LogP contribution >= 0.6 is 7.05 Å². The normalized spacial score (nSPS) is 12.4. The van der Waals surface area contributed by atoms with E-state index in [1.54, 1.807) is 12.1 Å². The first-order valence-corrected chi connectivity index (χ1v) is 14.9. The standard InChI is InChI=1S/C33H36N3O2P/c1-26(24-27-20-22-28(23-21-27)36(37)38)35-32(33(2,3)4)25-34-39(29-14-8-5-9-15-29,30-16-10-6-11-17-30)31-18-12-7-13-19-31/h5-23,32,35H,1,24-25H2,2-4H3/t32-/m0/s1. The fourth-order valence-electron chi connectivity index (χ4n) is 4.64. The summed E-state index contributed by atoms with van der Waals surface area (Å²) in [5.41, 5.74) is 1.83. The summed E-state index contributed by atoms with van der Waals surface area (Å²) in [6.45, 7) is 11.5. The molecule has 6 heteroatoms. The fourth-order valence-corrected chi connectivity index (χ4v) is 8.25. The summed E-state index contributed by atoms with van der Waals surface area (Å²) in [4.78, 5) is 10.6. The molecule has 0 bridgehead atoms. The van der Waals surface area contributed by atoms with E-state index in [2.05, 4.69) is 124 Å². The van der Waals surface area contributed by atoms with Gasteiger partial charge in [-0.2, -0.15) is 0 Å². The number of hydrogen-bond donors (Lipinski definition) is 1. The van der Waals surface area contributed by atoms with Gasteiger partial charge in [0.2, 0.25) is 0 Å². The van der Waals surface area contributed by atoms with Gasteiger partial charge in [-0.25, -0.2) is 0 Å². The van der Waals surface area contributed by atoms with Crippen LogP contribution in [0, 0.1) is 15.5 Å². The van der Waals surface area contributed by atoms with Gasteiger partial charge in [-0.05, 0) is 11.0 Å². The average molecular weight is 538 g/mol. The molecule has 4 rings (SSSR count). The van der Waals surface area contributed by atoms with Gasteiger partial charge in [-0.15, -0.1) is 0 Å². The third kappa shape index (κ3) is 6.74. The molecule has 4 aromatic carbocycles. The molecular weight excluding hydrogens is 501 g/mol. The molecule has 5 nitrogen and oxygen atoms in total. The molecule has 1 N–H and O–H groups in total. The van der Waals surface area contributed by atoms with Crippen LogP contribution in [-0.2, 0) is 6.42 Å². The average Bonchev–Trinajstić information content (AvgIpc) is 2.94. The molecule has 0 heterocycles. The number of non-ortho nitro benzene ring substituents is 1. The van der Waals surface area contributed by atoms with Gasteiger partial charge in [0.15, 0.2) is 0 Å². The third-order valence-corrected chi connectivity index (χ3v) is 10.6. The van der Waals surface area contributed by atoms with Crippen LogP contribution in [0.2, 0.25) is 0 Å². The number of nitrogens with one attached hydrogen (secondary N) is 1. The number of benzene rings is 4. The van der Waals surface area contributed by atoms with Crippen molar-refractivity contribution in [3.63, 3.8) is 0 Å². The molecule has 0 radical (unpaired) electrons. The van der Waals surface area contributed by atoms with Crippen molar-refractivity contribution in [2.75, 3.05) is 6.54 Å². The molecular formula is C33H36N3O2P. The van der Waals surface area contributed by atoms with Gasteiger partial charge in [0.25, 0.3) is 5.69 Å². The van der Waals surface area contributed by atoms with Crippen LogP contribution in [-0.4, -0.2) is 17.5 Å². The quantitative estimate of drug-likeness (QED) is 0.137. The molecule has 0 fully saturated rings. The van der Waals surface area contributed by atoms with Crippen molar-refractivity contribution >= 4 is 28.7 Å². The number of rotatable bonds is 10. The predicted molar refractivity (Wildman–Crippen MR) is 165 cm³/mol. The lowest BCUT2D eigenvalue weighted by atomic mass is 9.86. The van der Waals surface area contributed by atoms with Crippen molar-refractivity contribution in [1.29, 1.82) is 0 Å². The predicted octanol–water partition coefficient (Wildman–Crippen LogP) is 6.83. The van der Waals surface area contributed by atoms with Crippen molar-refractivity contribution in [2.45, 2.75) is 33.2 Å². The first kappa shape index (κ1) is 28.1. The summed E-state index contributed by atoms with van der Waals surface area (Å²) >= 11 is 0. The van der Waals surface area contributed by atoms with Crippen molar-refractivity contribution in [3.05, 3.63) is 143 Å². The zero-order chi connectivity index (χ0) is 27.9. The van der Waals surface area contributed by atoms with E-state index in [0.717, 1.165) is 11.3 Å². The minimum absolute atomic E-state index is 0.0264. The topological polar surface area (TPSA) is 67.5 Å². The molecule has 1 atom stereocenters. The first-order valence-electron chi connectivity index (χ1n) is 13.1. The lowest BCUT2D eigenvalue weighted by Crippen LogP contribution is -2.42. The van der Waals surface area contributed by atoms with E-state index in [0.29, 0.717) is 13.0 Å². The molecule has 0 unspecified atom stereocenters. The Morgan fingerprint density at radius 2 is 1.26 bits per heavy atom. The van der Waals surface area contributed by atoms with Gasteiger partial charge in [-0.1, -0.05) is 130 Å². The molecule has 0 amide bonds. The van der Waals surface area contributed by atoms with Gasteiger partial charge in [-0.3, -0.25) is 14.9 Å². The van der Waals surface area contributed by atoms with Crippen LogP contribution in [0.1, 0.15) is 26.3 Å². The molecule has 39 heavy (non-hydrogen) atoms. The summed E-state index contributed by atoms with van der Waals surface area (Å²) in [7, 11) is -2.31. The lowest BCUT2D eigenvalue weighted by molar-refractivity contribution is -0.384. The molecule has 0 aromatic heterocycles. The zero-order valence-electron chi connectivity index (χ0n) is 22.8. The second kappa shape index (κ2) is 12.3. The second-order valence-corrected chi connectivity index (χ2v) is 13.8. The number of allylic oxidation sites excluding steroid dienone is 1. The summed E-state index contributed by atoms with van der Waals surface area (Å²) in [6.07, 6.45) is 0.584. The molecule has 0 aliphatic heterocycles. The summed E-state index contributed by atoms with van der Waals surface area (Å²) in [6, 6.07) is 38.6. The first-order chi connectivity index (χ1) is 18.7. The fraction of sp³-hybridized carbons (Fsp3) is 0.212. The van der Waals surface area contributed by atoms with Crippen LogP contribution in [0.15, 0.2) is 132 Å². The monoisotopic (exact) mass is 537 g/mol. The second-order valence-electron chi connectivity index (χ2n) is 10.7. The molecule has 0 aliphatic rings. The third-order valence-electron chi connectivity index (χ3n) is 6.85. The van der Waals surface area contributed by atoms with E-state index < -0.39 is 7.05 Å². The van der Waals surface area contributed by atoms with Crippen LogP contribution in [0.5, 0.6) is 0 Å². The summed E-state index contributed by atoms with van der Waals surface area (Å²) < 4.78 is 5.66. The zero-order valence-corrected chi connectivity index (χ0v) is 23.7. The highest BCUT2D eigenvalue weighted by Crippen LogP contribution is 2.46. The maximum Gasteiger partial charge on any atom is 0.269 e. The van der Waals surface area contributed by atoms with Crippen LogP contribution in [0.3, 0.4) is 0 Å². The molecule has 200 valence electrons. The minimum Gasteiger partial charge on any atom is -0.383 e. The van der Waals surface area contributed by atoms with Crippen molar-refractivity contribution < 1.29 is 4.92 Å². The Morgan fingerprint density at radius 3 is 1.64 bits per heavy atom. The Balaban J connectivity index is 1.73. The van der Waals surface area contributed by atoms with Gasteiger partial charge in [0.05, 0.1) is 24.6 Å². The Hall–Kier alpha value is -3.95. The van der Waals surface area contributed by atoms with Gasteiger partial charge >= 0.3 is 0 Å². The number of hydrogen-bond acceptors (Lipinski definition) is 4. The highest BCUT2D eigenvalue weighted by Gasteiger charge is 2.30. The SMILES string of the molecule is C=C(Cc1ccc([N+](=O)[O-])cc1)N[C@@H](CN=P(c1ccccc1)(c1ccccc1)c1ccccc1)C(C)(C)C. The highest BCUT2D eigenvalue weighted by molar-refractivity contribution is 7.87. The van der Waals surface area contributed by atoms with Gasteiger partial charge in [0, 0.05) is 40.2 Å². The maximum absolute atomic E-state index is 11.0. The maximum atomic E-state index is 11.0. The Bertz CT molecular complexity index is 1340. The van der Waals surface area contributed by atoms with Crippen molar-refractivity contribution in [3.8, 4) is 0 Å². The molecule has 0 saturated heterocycles. The van der Waals surface area contributed by atoms with Crippen molar-refractivity contribution in [2.24, 2.45) is 10.2 Å². The van der Waals surface area contributed by atoms with E-state index >= 15 is 0 Å². The Morgan fingerprint density at radius 1 is 0.821 bits per heavy atom. The smallest absolute Gasteiger partial charge is 0.269 e. The number of nitro groups is 1. The largest absolute Gasteiger partial charge is 0.383 e. The summed E-state index contributed by atoms with van der Waals surface area (Å²) in [5, 5.41) is 18.4. The molecule has 0 aliphatic carbocycles. The number of nitrogens with zero attached hydrogens (tertiary/aromatic N) is 2. The Kier molecular flexibility index (Phi) is 8.83. The van der Waals surface area contributed by atoms with E-state index in [9.17, 15) is 10.1 Å². The van der Waals surface area contributed by atoms with E-state index in [1.165, 1.54) is 28.0 Å². The molecule has 0 saturated carbocycles. The number of nitro benzene ring substituents is 1. The summed E-state index contributed by atoms with van der Waals surface area (Å²) in [5.74, 6) is 0. The van der Waals surface area contributed by atoms with Crippen molar-refractivity contribution in [1.82, 2.24) is 5.32 Å². The van der Waals surface area contributed by atoms with E-state index in [4.69, 9.17) is 4.74 Å². The molecule has 4 aromatic rings.